The van der Waals surface area contributed by atoms with Gasteiger partial charge in [-0.15, -0.1) is 0 Å². The molecule has 4 aromatic carbocycles. The summed E-state index contributed by atoms with van der Waals surface area (Å²) in [6.07, 6.45) is 1.38. The van der Waals surface area contributed by atoms with Crippen molar-refractivity contribution in [2.24, 2.45) is 51.6 Å². The predicted molar refractivity (Wildman–Crippen MR) is 467 cm³/mol. The summed E-state index contributed by atoms with van der Waals surface area (Å²) in [7, 11) is 0. The Morgan fingerprint density at radius 1 is 0.240 bits per heavy atom. The van der Waals surface area contributed by atoms with E-state index >= 15 is 0 Å². The van der Waals surface area contributed by atoms with Crippen LogP contribution in [0.15, 0.2) is 97.1 Å². The number of phenols is 4. The molecular weight excluding hydrogens is 1620 g/mol. The van der Waals surface area contributed by atoms with E-state index in [2.05, 4.69) is 79.8 Å². The van der Waals surface area contributed by atoms with Gasteiger partial charge >= 0.3 is 0 Å². The molecule has 0 aromatic heterocycles. The summed E-state index contributed by atoms with van der Waals surface area (Å²) in [4.78, 5) is 168. The number of carbonyl (C=O) groups excluding carboxylic acids is 12. The third-order valence-electron chi connectivity index (χ3n) is 19.6. The first-order chi connectivity index (χ1) is 59.5. The minimum atomic E-state index is -1.52. The molecule has 11 atom stereocenters. The summed E-state index contributed by atoms with van der Waals surface area (Å²) in [6, 6.07) is 9.54. The topological polar surface area (TPSA) is 796 Å². The van der Waals surface area contributed by atoms with E-state index in [4.69, 9.17) is 73.2 Å². The Bertz CT molecular complexity index is 4150. The molecule has 4 rings (SSSR count). The second-order valence-corrected chi connectivity index (χ2v) is 30.1. The number of primary amides is 1. The van der Waals surface area contributed by atoms with E-state index in [1.54, 1.807) is 24.3 Å². The summed E-state index contributed by atoms with van der Waals surface area (Å²) in [5.74, 6) is -10.4. The van der Waals surface area contributed by atoms with Crippen molar-refractivity contribution in [3.05, 3.63) is 119 Å². The van der Waals surface area contributed by atoms with Crippen LogP contribution in [0.2, 0.25) is 0 Å². The molecule has 0 fully saturated rings. The quantitative estimate of drug-likeness (QED) is 0.0111. The number of nitrogens with two attached hydrogens (primary N) is 9. The minimum absolute atomic E-state index is 0.0126. The molecule has 44 heteroatoms. The maximum atomic E-state index is 15.0. The number of guanidine groups is 4. The van der Waals surface area contributed by atoms with Crippen LogP contribution in [-0.4, -0.2) is 234 Å². The van der Waals surface area contributed by atoms with Gasteiger partial charge in [0, 0.05) is 84.5 Å². The summed E-state index contributed by atoms with van der Waals surface area (Å²) in [6.45, 7) is 0.458. The van der Waals surface area contributed by atoms with E-state index in [0.717, 1.165) is 0 Å². The first kappa shape index (κ1) is 104. The Labute approximate surface area is 725 Å². The van der Waals surface area contributed by atoms with Crippen molar-refractivity contribution in [2.75, 3.05) is 52.4 Å². The van der Waals surface area contributed by atoms with Crippen LogP contribution in [0.25, 0.3) is 0 Å². The Morgan fingerprint density at radius 3 is 0.664 bits per heavy atom. The Kier molecular flexibility index (Phi) is 47.5. The first-order valence-electron chi connectivity index (χ1n) is 41.4. The summed E-state index contributed by atoms with van der Waals surface area (Å²) in [5.41, 5.74) is 54.1. The molecule has 688 valence electrons. The van der Waals surface area contributed by atoms with Crippen molar-refractivity contribution in [3.63, 3.8) is 0 Å². The highest BCUT2D eigenvalue weighted by molar-refractivity contribution is 5.96. The van der Waals surface area contributed by atoms with Crippen molar-refractivity contribution in [2.45, 2.75) is 208 Å². The fourth-order valence-corrected chi connectivity index (χ4v) is 12.6. The van der Waals surface area contributed by atoms with Crippen LogP contribution >= 0.6 is 0 Å². The van der Waals surface area contributed by atoms with Gasteiger partial charge in [-0.1, -0.05) is 48.5 Å². The van der Waals surface area contributed by atoms with Crippen LogP contribution in [0, 0.1) is 21.6 Å². The molecule has 12 amide bonds. The molecule has 0 spiro atoms. The molecule has 0 aliphatic carbocycles. The van der Waals surface area contributed by atoms with Gasteiger partial charge in [-0.2, -0.15) is 0 Å². The average Bonchev–Trinajstić information content (AvgIpc) is 0.861. The van der Waals surface area contributed by atoms with E-state index in [9.17, 15) is 78.0 Å². The average molecular weight is 1750 g/mol. The number of aromatic hydroxyl groups is 4. The molecule has 41 N–H and O–H groups in total. The highest BCUT2D eigenvalue weighted by Crippen LogP contribution is 2.18. The molecule has 0 saturated carbocycles. The molecule has 0 aliphatic heterocycles. The zero-order chi connectivity index (χ0) is 92.3. The van der Waals surface area contributed by atoms with Gasteiger partial charge in [0.1, 0.15) is 65.3 Å². The molecule has 0 aliphatic rings. The van der Waals surface area contributed by atoms with Gasteiger partial charge in [0.2, 0.25) is 70.9 Å². The third-order valence-corrected chi connectivity index (χ3v) is 19.6. The van der Waals surface area contributed by atoms with E-state index in [0.29, 0.717) is 41.5 Å². The van der Waals surface area contributed by atoms with Crippen molar-refractivity contribution in [1.29, 1.82) is 21.6 Å². The van der Waals surface area contributed by atoms with E-state index in [-0.39, 0.29) is 221 Å². The molecule has 0 bridgehead atoms. The number of hydrogen-bond acceptors (Lipinski definition) is 24. The lowest BCUT2D eigenvalue weighted by Crippen LogP contribution is -2.58. The second kappa shape index (κ2) is 57.1. The van der Waals surface area contributed by atoms with Gasteiger partial charge in [-0.05, 0) is 180 Å². The number of amides is 12. The molecule has 4 aromatic rings. The minimum Gasteiger partial charge on any atom is -0.508 e. The lowest BCUT2D eigenvalue weighted by atomic mass is 10.0. The van der Waals surface area contributed by atoms with Crippen LogP contribution in [0.5, 0.6) is 23.0 Å². The number of phenolic OH excluding ortho intramolecular Hbond substituents is 4. The maximum absolute atomic E-state index is 15.0. The second-order valence-electron chi connectivity index (χ2n) is 30.1. The highest BCUT2D eigenvalue weighted by atomic mass is 16.3. The number of hydrogen-bond donors (Lipinski definition) is 32. The third kappa shape index (κ3) is 43.8. The predicted octanol–water partition coefficient (Wildman–Crippen LogP) is -5.61. The molecule has 0 unspecified atom stereocenters. The summed E-state index contributed by atoms with van der Waals surface area (Å²) < 4.78 is 0. The van der Waals surface area contributed by atoms with Crippen LogP contribution in [-0.2, 0) is 83.2 Å². The molecule has 0 heterocycles. The van der Waals surface area contributed by atoms with Crippen molar-refractivity contribution in [3.8, 4) is 23.0 Å². The monoisotopic (exact) mass is 1750 g/mol. The maximum Gasteiger partial charge on any atom is 0.243 e. The van der Waals surface area contributed by atoms with Gasteiger partial charge in [0.25, 0.3) is 0 Å². The number of carbonyl (C=O) groups is 12. The van der Waals surface area contributed by atoms with Gasteiger partial charge in [-0.3, -0.25) is 79.2 Å². The fraction of sp³-hybridized carbons (Fsp3) is 0.506. The SMILES string of the molecule is N=C(N)NCCC[C@H](N)C(=O)N[C@@H](Cc1ccc(O)cc1)C(=O)NCCCC[C@H](NC(=O)[C@H](Cc1ccc(O)cc1)NC(=O)[C@@H](N)CCCNC(=N)N)C(=O)NCCCC[C@H](NC(=O)[C@H](CCCCNC(=O)[C@H](Cc1ccc(O)cc1)NC(=O)[C@@H](N)CCCNC(=N)N)NC(=O)[C@H](Cc1ccc(O)cc1)NC(=O)[C@@H](N)CCCNC(=N)N)C(=O)NCCC(N)=O. The van der Waals surface area contributed by atoms with Crippen LogP contribution in [0.1, 0.15) is 138 Å². The lowest BCUT2D eigenvalue weighted by molar-refractivity contribution is -0.134. The van der Waals surface area contributed by atoms with E-state index in [1.165, 1.54) is 72.8 Å². The largest absolute Gasteiger partial charge is 0.508 e. The van der Waals surface area contributed by atoms with Gasteiger partial charge in [-0.25, -0.2) is 0 Å². The van der Waals surface area contributed by atoms with Crippen molar-refractivity contribution in [1.82, 2.24) is 79.8 Å². The molecule has 44 nitrogen and oxygen atoms in total. The fourth-order valence-electron chi connectivity index (χ4n) is 12.6. The summed E-state index contributed by atoms with van der Waals surface area (Å²) >= 11 is 0. The van der Waals surface area contributed by atoms with Crippen molar-refractivity contribution < 1.29 is 78.0 Å². The van der Waals surface area contributed by atoms with Gasteiger partial charge in [0.05, 0.1) is 24.2 Å². The van der Waals surface area contributed by atoms with Gasteiger partial charge in [0.15, 0.2) is 23.8 Å². The molecule has 125 heavy (non-hydrogen) atoms. The lowest BCUT2D eigenvalue weighted by Gasteiger charge is -2.26. The number of benzene rings is 4. The van der Waals surface area contributed by atoms with E-state index < -0.39 is 137 Å². The van der Waals surface area contributed by atoms with Gasteiger partial charge < -0.3 is 152 Å². The number of nitrogens with one attached hydrogen (secondary N) is 19. The zero-order valence-corrected chi connectivity index (χ0v) is 70.2. The highest BCUT2D eigenvalue weighted by Gasteiger charge is 2.34. The first-order valence-corrected chi connectivity index (χ1v) is 41.4. The smallest absolute Gasteiger partial charge is 0.243 e. The van der Waals surface area contributed by atoms with Crippen LogP contribution in [0.4, 0.5) is 0 Å². The standard InChI is InChI=1S/C81H128N28O16/c82-55(11-7-38-99-78(87)88)67(115)106-62(43-47-18-26-51(110)27-19-47)73(121)96-36-5-2-15-59(104-76(124)64(45-49-22-30-53(112)31-23-49)108-69(117)57(84)13-9-40-101-80(91)92)71(119)95-35-4-1-16-60(72(120)98-42-34-66(86)114)103-75(123)61(105-77(125)65(46-50-24-32-54(113)33-25-50)109-70(118)58(85)14-10-41-102-81(93)94)17-3-6-37-97-74(122)63(44-48-20-28-52(111)29-21-48)107-68(116)56(83)12-8-39-100-79(89)90/h18-33,55-65,110-113H,1-17,34-46,82-85H2,(H2,86,114)(H,95,119)(H,96,121)(H,97,122)(H,98,120)(H,103,123)(H,104,124)(H,105,125)(H,106,115)(H,107,116)(H,108,117)(H,109,118)(H4,87,88,99)(H4,89,90,100)(H4,91,92,101)(H4,93,94,102)/t55-,56-,57-,58-,59-,60-,61-,62-,63-,64-,65-/m0/s1. The Balaban J connectivity index is 1.65. The van der Waals surface area contributed by atoms with Crippen LogP contribution < -0.4 is 131 Å². The molecular formula is C81H128N28O16. The van der Waals surface area contributed by atoms with Crippen LogP contribution in [0.3, 0.4) is 0 Å². The zero-order valence-electron chi connectivity index (χ0n) is 70.2. The Morgan fingerprint density at radius 2 is 0.432 bits per heavy atom. The van der Waals surface area contributed by atoms with E-state index in [1.807, 2.05) is 0 Å². The number of rotatable bonds is 60. The molecule has 0 saturated heterocycles. The van der Waals surface area contributed by atoms with Crippen molar-refractivity contribution >= 4 is 94.7 Å². The molecule has 0 radical (unpaired) electrons. The Hall–Kier alpha value is -13.4. The number of unbranched alkanes of at least 4 members (excludes halogenated alkanes) is 3. The summed E-state index contributed by atoms with van der Waals surface area (Å²) in [5, 5.41) is 110. The normalized spacial score (nSPS) is 13.6.